The Labute approximate surface area is 115 Å². The Hall–Kier alpha value is -1.42. The number of nitrogens with one attached hydrogen (secondary N) is 1. The highest BCUT2D eigenvalue weighted by Crippen LogP contribution is 2.12. The molecule has 0 aromatic carbocycles. The average molecular weight is 261 g/mol. The summed E-state index contributed by atoms with van der Waals surface area (Å²) in [6.07, 6.45) is 7.39. The lowest BCUT2D eigenvalue weighted by molar-refractivity contribution is -0.130. The van der Waals surface area contributed by atoms with Crippen molar-refractivity contribution in [2.24, 2.45) is 5.92 Å². The van der Waals surface area contributed by atoms with Gasteiger partial charge in [0, 0.05) is 32.4 Å². The number of carbonyl (C=O) groups is 1. The number of pyridine rings is 1. The van der Waals surface area contributed by atoms with Crippen LogP contribution in [0.1, 0.15) is 24.8 Å². The SMILES string of the molecule is CN(CC1CCCNC1)C(=O)CCc1ccncc1. The number of carbonyl (C=O) groups excluding carboxylic acids is 1. The van der Waals surface area contributed by atoms with Crippen molar-refractivity contribution in [1.82, 2.24) is 15.2 Å². The normalized spacial score (nSPS) is 19.1. The monoisotopic (exact) mass is 261 g/mol. The first kappa shape index (κ1) is 14.0. The molecular weight excluding hydrogens is 238 g/mol. The fraction of sp³-hybridized carbons (Fsp3) is 0.600. The van der Waals surface area contributed by atoms with Gasteiger partial charge in [-0.2, -0.15) is 0 Å². The van der Waals surface area contributed by atoms with Crippen LogP contribution in [0.5, 0.6) is 0 Å². The Morgan fingerprint density at radius 1 is 1.47 bits per heavy atom. The van der Waals surface area contributed by atoms with Crippen molar-refractivity contribution in [3.63, 3.8) is 0 Å². The van der Waals surface area contributed by atoms with Gasteiger partial charge in [0.1, 0.15) is 0 Å². The zero-order valence-corrected chi connectivity index (χ0v) is 11.6. The van der Waals surface area contributed by atoms with Crippen LogP contribution in [0, 0.1) is 5.92 Å². The molecule has 0 saturated carbocycles. The van der Waals surface area contributed by atoms with E-state index in [1.165, 1.54) is 18.4 Å². The number of amides is 1. The molecule has 0 aliphatic carbocycles. The van der Waals surface area contributed by atoms with E-state index < -0.39 is 0 Å². The van der Waals surface area contributed by atoms with Gasteiger partial charge in [-0.1, -0.05) is 0 Å². The van der Waals surface area contributed by atoms with Crippen LogP contribution in [-0.4, -0.2) is 42.5 Å². The van der Waals surface area contributed by atoms with Gasteiger partial charge in [-0.05, 0) is 56.0 Å². The topological polar surface area (TPSA) is 45.2 Å². The van der Waals surface area contributed by atoms with E-state index in [0.717, 1.165) is 26.1 Å². The second-order valence-electron chi connectivity index (χ2n) is 5.34. The molecule has 19 heavy (non-hydrogen) atoms. The predicted octanol–water partition coefficient (Wildman–Crippen LogP) is 1.47. The minimum atomic E-state index is 0.238. The largest absolute Gasteiger partial charge is 0.345 e. The Bertz CT molecular complexity index is 388. The summed E-state index contributed by atoms with van der Waals surface area (Å²) in [5.74, 6) is 0.853. The molecule has 1 N–H and O–H groups in total. The third-order valence-electron chi connectivity index (χ3n) is 3.73. The van der Waals surface area contributed by atoms with Crippen LogP contribution in [0.2, 0.25) is 0 Å². The smallest absolute Gasteiger partial charge is 0.222 e. The fourth-order valence-electron chi connectivity index (χ4n) is 2.56. The average Bonchev–Trinajstić information content (AvgIpc) is 2.47. The van der Waals surface area contributed by atoms with Crippen molar-refractivity contribution in [2.45, 2.75) is 25.7 Å². The summed E-state index contributed by atoms with van der Waals surface area (Å²) in [4.78, 5) is 18.0. The first-order chi connectivity index (χ1) is 9.25. The lowest BCUT2D eigenvalue weighted by atomic mass is 9.99. The zero-order chi connectivity index (χ0) is 13.5. The van der Waals surface area contributed by atoms with Gasteiger partial charge in [-0.25, -0.2) is 0 Å². The van der Waals surface area contributed by atoms with Gasteiger partial charge < -0.3 is 10.2 Å². The maximum absolute atomic E-state index is 12.1. The Kier molecular flexibility index (Phi) is 5.33. The van der Waals surface area contributed by atoms with Crippen molar-refractivity contribution in [3.8, 4) is 0 Å². The molecule has 4 heteroatoms. The quantitative estimate of drug-likeness (QED) is 0.873. The van der Waals surface area contributed by atoms with Crippen LogP contribution in [0.4, 0.5) is 0 Å². The highest BCUT2D eigenvalue weighted by Gasteiger charge is 2.17. The molecule has 1 unspecified atom stereocenters. The summed E-state index contributed by atoms with van der Waals surface area (Å²) >= 11 is 0. The number of nitrogens with zero attached hydrogens (tertiary/aromatic N) is 2. The van der Waals surface area contributed by atoms with Gasteiger partial charge in [0.2, 0.25) is 5.91 Å². The van der Waals surface area contributed by atoms with Crippen LogP contribution in [0.15, 0.2) is 24.5 Å². The van der Waals surface area contributed by atoms with E-state index in [2.05, 4.69) is 10.3 Å². The van der Waals surface area contributed by atoms with E-state index in [9.17, 15) is 4.79 Å². The molecule has 104 valence electrons. The molecule has 1 aromatic rings. The van der Waals surface area contributed by atoms with Crippen molar-refractivity contribution in [2.75, 3.05) is 26.7 Å². The highest BCUT2D eigenvalue weighted by atomic mass is 16.2. The summed E-state index contributed by atoms with van der Waals surface area (Å²) in [6.45, 7) is 3.04. The van der Waals surface area contributed by atoms with E-state index in [1.807, 2.05) is 24.1 Å². The molecule has 1 fully saturated rings. The molecule has 0 bridgehead atoms. The Morgan fingerprint density at radius 3 is 2.95 bits per heavy atom. The van der Waals surface area contributed by atoms with Crippen molar-refractivity contribution >= 4 is 5.91 Å². The summed E-state index contributed by atoms with van der Waals surface area (Å²) in [5.41, 5.74) is 1.18. The lowest BCUT2D eigenvalue weighted by Crippen LogP contribution is -2.39. The molecule has 1 amide bonds. The number of rotatable bonds is 5. The molecule has 1 atom stereocenters. The van der Waals surface area contributed by atoms with Crippen LogP contribution < -0.4 is 5.32 Å². The molecule has 2 heterocycles. The third-order valence-corrected chi connectivity index (χ3v) is 3.73. The van der Waals surface area contributed by atoms with Gasteiger partial charge in [0.05, 0.1) is 0 Å². The molecule has 0 spiro atoms. The summed E-state index contributed by atoms with van der Waals surface area (Å²) < 4.78 is 0. The molecular formula is C15H23N3O. The third kappa shape index (κ3) is 4.63. The maximum atomic E-state index is 12.1. The molecule has 1 saturated heterocycles. The first-order valence-corrected chi connectivity index (χ1v) is 7.09. The van der Waals surface area contributed by atoms with Crippen molar-refractivity contribution < 1.29 is 4.79 Å². The zero-order valence-electron chi connectivity index (χ0n) is 11.6. The van der Waals surface area contributed by atoms with Crippen molar-refractivity contribution in [3.05, 3.63) is 30.1 Å². The molecule has 4 nitrogen and oxygen atoms in total. The van der Waals surface area contributed by atoms with Gasteiger partial charge in [-0.15, -0.1) is 0 Å². The number of piperidine rings is 1. The standard InChI is InChI=1S/C15H23N3O/c1-18(12-14-3-2-8-17-11-14)15(19)5-4-13-6-9-16-10-7-13/h6-7,9-10,14,17H,2-5,8,11-12H2,1H3. The van der Waals surface area contributed by atoms with E-state index in [1.54, 1.807) is 12.4 Å². The Morgan fingerprint density at radius 2 is 2.26 bits per heavy atom. The molecule has 1 aliphatic heterocycles. The summed E-state index contributed by atoms with van der Waals surface area (Å²) in [5, 5.41) is 3.39. The number of hydrogen-bond acceptors (Lipinski definition) is 3. The fourth-order valence-corrected chi connectivity index (χ4v) is 2.56. The van der Waals surface area contributed by atoms with E-state index in [0.29, 0.717) is 12.3 Å². The first-order valence-electron chi connectivity index (χ1n) is 7.09. The van der Waals surface area contributed by atoms with Gasteiger partial charge >= 0.3 is 0 Å². The van der Waals surface area contributed by atoms with Crippen molar-refractivity contribution in [1.29, 1.82) is 0 Å². The molecule has 2 rings (SSSR count). The Balaban J connectivity index is 1.72. The lowest BCUT2D eigenvalue weighted by Gasteiger charge is -2.27. The van der Waals surface area contributed by atoms with Gasteiger partial charge in [0.15, 0.2) is 0 Å². The maximum Gasteiger partial charge on any atom is 0.222 e. The van der Waals surface area contributed by atoms with Crippen LogP contribution >= 0.6 is 0 Å². The van der Waals surface area contributed by atoms with Gasteiger partial charge in [-0.3, -0.25) is 9.78 Å². The predicted molar refractivity (Wildman–Crippen MR) is 75.8 cm³/mol. The van der Waals surface area contributed by atoms with E-state index in [4.69, 9.17) is 0 Å². The summed E-state index contributed by atoms with van der Waals surface area (Å²) in [6, 6.07) is 3.94. The van der Waals surface area contributed by atoms with Crippen LogP contribution in [0.3, 0.4) is 0 Å². The van der Waals surface area contributed by atoms with Gasteiger partial charge in [0.25, 0.3) is 0 Å². The second kappa shape index (κ2) is 7.24. The highest BCUT2D eigenvalue weighted by molar-refractivity contribution is 5.76. The minimum Gasteiger partial charge on any atom is -0.345 e. The molecule has 0 radical (unpaired) electrons. The minimum absolute atomic E-state index is 0.238. The van der Waals surface area contributed by atoms with E-state index in [-0.39, 0.29) is 5.91 Å². The number of aryl methyl sites for hydroxylation is 1. The van der Waals surface area contributed by atoms with Crippen LogP contribution in [-0.2, 0) is 11.2 Å². The number of aromatic nitrogens is 1. The van der Waals surface area contributed by atoms with Crippen LogP contribution in [0.25, 0.3) is 0 Å². The molecule has 1 aromatic heterocycles. The second-order valence-corrected chi connectivity index (χ2v) is 5.34. The summed E-state index contributed by atoms with van der Waals surface area (Å²) in [7, 11) is 1.92. The molecule has 1 aliphatic rings. The number of hydrogen-bond donors (Lipinski definition) is 1. The van der Waals surface area contributed by atoms with E-state index >= 15 is 0 Å².